The topological polar surface area (TPSA) is 12.4 Å². The summed E-state index contributed by atoms with van der Waals surface area (Å²) in [6.07, 6.45) is 1.25. The van der Waals surface area contributed by atoms with E-state index < -0.39 is 0 Å². The van der Waals surface area contributed by atoms with E-state index >= 15 is 0 Å². The average molecular weight is 143 g/mol. The monoisotopic (exact) mass is 143 g/mol. The van der Waals surface area contributed by atoms with E-state index in [1.54, 1.807) is 14.0 Å². The Hall–Kier alpha value is -0.660. The average Bonchev–Trinajstić information content (AvgIpc) is 1.87. The van der Waals surface area contributed by atoms with Gasteiger partial charge in [-0.25, -0.2) is 4.39 Å². The van der Waals surface area contributed by atoms with Gasteiger partial charge in [0, 0.05) is 7.05 Å². The Balaban J connectivity index is 4.34. The van der Waals surface area contributed by atoms with Gasteiger partial charge in [-0.3, -0.25) is 4.99 Å². The van der Waals surface area contributed by atoms with Crippen molar-refractivity contribution in [2.24, 2.45) is 10.9 Å². The first-order chi connectivity index (χ1) is 4.59. The predicted octanol–water partition coefficient (Wildman–Crippen LogP) is 2.59. The molecule has 0 heterocycles. The quantitative estimate of drug-likeness (QED) is 0.527. The number of hydrogen-bond acceptors (Lipinski definition) is 1. The Kier molecular flexibility index (Phi) is 3.93. The summed E-state index contributed by atoms with van der Waals surface area (Å²) in [5.74, 6) is 0.0514. The summed E-state index contributed by atoms with van der Waals surface area (Å²) in [6.45, 7) is 5.69. The van der Waals surface area contributed by atoms with Crippen LogP contribution in [0.15, 0.2) is 16.4 Å². The molecular formula is C8H14FN. The Labute approximate surface area is 61.7 Å². The van der Waals surface area contributed by atoms with Crippen molar-refractivity contribution >= 4 is 6.21 Å². The van der Waals surface area contributed by atoms with Gasteiger partial charge in [0.25, 0.3) is 0 Å². The summed E-state index contributed by atoms with van der Waals surface area (Å²) in [5, 5.41) is 0. The summed E-state index contributed by atoms with van der Waals surface area (Å²) in [6, 6.07) is 0. The molecule has 0 aromatic carbocycles. The van der Waals surface area contributed by atoms with Crippen molar-refractivity contribution in [3.05, 3.63) is 11.4 Å². The van der Waals surface area contributed by atoms with Crippen molar-refractivity contribution < 1.29 is 4.39 Å². The molecular weight excluding hydrogens is 129 g/mol. The second-order valence-corrected chi connectivity index (χ2v) is 2.57. The van der Waals surface area contributed by atoms with Gasteiger partial charge in [0.1, 0.15) is 5.83 Å². The largest absolute Gasteiger partial charge is 0.293 e. The lowest BCUT2D eigenvalue weighted by molar-refractivity contribution is 0.635. The first-order valence-electron chi connectivity index (χ1n) is 3.38. The van der Waals surface area contributed by atoms with Crippen LogP contribution >= 0.6 is 0 Å². The molecule has 0 aliphatic carbocycles. The number of allylic oxidation sites excluding steroid dienone is 2. The molecule has 58 valence electrons. The minimum atomic E-state index is -0.211. The molecule has 10 heavy (non-hydrogen) atoms. The molecule has 2 heteroatoms. The molecule has 0 N–H and O–H groups in total. The van der Waals surface area contributed by atoms with Gasteiger partial charge in [-0.2, -0.15) is 0 Å². The lowest BCUT2D eigenvalue weighted by Crippen LogP contribution is -1.92. The van der Waals surface area contributed by atoms with Gasteiger partial charge >= 0.3 is 0 Å². The van der Waals surface area contributed by atoms with Gasteiger partial charge in [-0.05, 0) is 18.4 Å². The van der Waals surface area contributed by atoms with Crippen LogP contribution in [0.1, 0.15) is 20.8 Å². The molecule has 0 rings (SSSR count). The highest BCUT2D eigenvalue weighted by Crippen LogP contribution is 2.13. The first kappa shape index (κ1) is 9.34. The molecule has 0 bridgehead atoms. The lowest BCUT2D eigenvalue weighted by Gasteiger charge is -2.03. The van der Waals surface area contributed by atoms with Crippen molar-refractivity contribution in [1.29, 1.82) is 0 Å². The van der Waals surface area contributed by atoms with Crippen LogP contribution < -0.4 is 0 Å². The van der Waals surface area contributed by atoms with Crippen LogP contribution in [0.5, 0.6) is 0 Å². The summed E-state index contributed by atoms with van der Waals surface area (Å²) >= 11 is 0. The molecule has 0 fully saturated rings. The maximum atomic E-state index is 12.8. The Morgan fingerprint density at radius 1 is 1.50 bits per heavy atom. The fraction of sp³-hybridized carbons (Fsp3) is 0.625. The standard InChI is InChI=1S/C8H14FN/c1-6(2)7(3)8(9)5-10-4/h5-6H,1-4H3/b8-7+,10-5?. The third kappa shape index (κ3) is 2.76. The Bertz CT molecular complexity index is 157. The fourth-order valence-corrected chi connectivity index (χ4v) is 0.491. The second kappa shape index (κ2) is 4.20. The van der Waals surface area contributed by atoms with Crippen LogP contribution in [0.2, 0.25) is 0 Å². The van der Waals surface area contributed by atoms with E-state index in [-0.39, 0.29) is 11.7 Å². The van der Waals surface area contributed by atoms with Gasteiger partial charge in [-0.15, -0.1) is 0 Å². The molecule has 0 saturated heterocycles. The predicted molar refractivity (Wildman–Crippen MR) is 43.1 cm³/mol. The molecule has 0 aromatic heterocycles. The maximum absolute atomic E-state index is 12.8. The number of nitrogens with zero attached hydrogens (tertiary/aromatic N) is 1. The molecule has 0 saturated carbocycles. The van der Waals surface area contributed by atoms with E-state index in [0.29, 0.717) is 0 Å². The van der Waals surface area contributed by atoms with Crippen LogP contribution in [-0.2, 0) is 0 Å². The van der Waals surface area contributed by atoms with E-state index in [1.165, 1.54) is 6.21 Å². The molecule has 1 nitrogen and oxygen atoms in total. The number of aliphatic imine (C=N–C) groups is 1. The third-order valence-corrected chi connectivity index (χ3v) is 1.49. The Morgan fingerprint density at radius 3 is 2.30 bits per heavy atom. The van der Waals surface area contributed by atoms with E-state index in [4.69, 9.17) is 0 Å². The Morgan fingerprint density at radius 2 is 2.00 bits per heavy atom. The summed E-state index contributed by atoms with van der Waals surface area (Å²) in [4.78, 5) is 3.58. The molecule has 0 spiro atoms. The van der Waals surface area contributed by atoms with Crippen LogP contribution in [0.4, 0.5) is 4.39 Å². The van der Waals surface area contributed by atoms with Gasteiger partial charge in [0.2, 0.25) is 0 Å². The fourth-order valence-electron chi connectivity index (χ4n) is 0.491. The number of hydrogen-bond donors (Lipinski definition) is 0. The van der Waals surface area contributed by atoms with Crippen LogP contribution in [-0.4, -0.2) is 13.3 Å². The van der Waals surface area contributed by atoms with Crippen molar-refractivity contribution in [2.75, 3.05) is 7.05 Å². The lowest BCUT2D eigenvalue weighted by atomic mass is 10.1. The minimum Gasteiger partial charge on any atom is -0.293 e. The third-order valence-electron chi connectivity index (χ3n) is 1.49. The number of rotatable bonds is 2. The van der Waals surface area contributed by atoms with Gasteiger partial charge < -0.3 is 0 Å². The molecule has 0 aliphatic rings. The van der Waals surface area contributed by atoms with Crippen molar-refractivity contribution in [3.8, 4) is 0 Å². The molecule has 0 aromatic rings. The zero-order valence-corrected chi connectivity index (χ0v) is 6.98. The second-order valence-electron chi connectivity index (χ2n) is 2.57. The summed E-state index contributed by atoms with van der Waals surface area (Å²) in [5.41, 5.74) is 0.755. The highest BCUT2D eigenvalue weighted by Gasteiger charge is 2.01. The molecule has 0 aliphatic heterocycles. The van der Waals surface area contributed by atoms with Gasteiger partial charge in [-0.1, -0.05) is 13.8 Å². The SMILES string of the molecule is CN=C/C(F)=C(/C)C(C)C. The first-order valence-corrected chi connectivity index (χ1v) is 3.38. The van der Waals surface area contributed by atoms with Crippen molar-refractivity contribution in [3.63, 3.8) is 0 Å². The van der Waals surface area contributed by atoms with E-state index in [9.17, 15) is 4.39 Å². The minimum absolute atomic E-state index is 0.211. The smallest absolute Gasteiger partial charge is 0.140 e. The highest BCUT2D eigenvalue weighted by molar-refractivity contribution is 5.76. The molecule has 0 atom stereocenters. The maximum Gasteiger partial charge on any atom is 0.140 e. The van der Waals surface area contributed by atoms with Crippen LogP contribution in [0, 0.1) is 5.92 Å². The summed E-state index contributed by atoms with van der Waals surface area (Å²) in [7, 11) is 1.56. The molecule has 0 unspecified atom stereocenters. The highest BCUT2D eigenvalue weighted by atomic mass is 19.1. The molecule has 0 radical (unpaired) electrons. The summed E-state index contributed by atoms with van der Waals surface area (Å²) < 4.78 is 12.8. The number of halogens is 1. The normalized spacial score (nSPS) is 14.6. The zero-order valence-electron chi connectivity index (χ0n) is 6.98. The van der Waals surface area contributed by atoms with E-state index in [2.05, 4.69) is 4.99 Å². The van der Waals surface area contributed by atoms with Gasteiger partial charge in [0.15, 0.2) is 0 Å². The zero-order chi connectivity index (χ0) is 8.15. The van der Waals surface area contributed by atoms with Crippen LogP contribution in [0.25, 0.3) is 0 Å². The van der Waals surface area contributed by atoms with Crippen molar-refractivity contribution in [2.45, 2.75) is 20.8 Å². The van der Waals surface area contributed by atoms with E-state index in [0.717, 1.165) is 5.57 Å². The van der Waals surface area contributed by atoms with Crippen LogP contribution in [0.3, 0.4) is 0 Å². The molecule has 0 amide bonds. The van der Waals surface area contributed by atoms with Gasteiger partial charge in [0.05, 0.1) is 6.21 Å². The van der Waals surface area contributed by atoms with Crippen molar-refractivity contribution in [1.82, 2.24) is 0 Å². The van der Waals surface area contributed by atoms with E-state index in [1.807, 2.05) is 13.8 Å².